The molecule has 19 heavy (non-hydrogen) atoms. The normalized spacial score (nSPS) is 17.2. The first-order chi connectivity index (χ1) is 9.02. The van der Waals surface area contributed by atoms with Gasteiger partial charge in [-0.15, -0.1) is 0 Å². The van der Waals surface area contributed by atoms with E-state index in [-0.39, 0.29) is 6.04 Å². The van der Waals surface area contributed by atoms with Crippen LogP contribution in [0.3, 0.4) is 0 Å². The molecule has 1 aromatic carbocycles. The third-order valence-corrected chi connectivity index (χ3v) is 4.10. The molecule has 2 rings (SSSR count). The quantitative estimate of drug-likeness (QED) is 0.856. The fourth-order valence-electron chi connectivity index (χ4n) is 2.57. The zero-order chi connectivity index (χ0) is 14.0. The van der Waals surface area contributed by atoms with Gasteiger partial charge in [0.1, 0.15) is 0 Å². The van der Waals surface area contributed by atoms with Gasteiger partial charge in [-0.2, -0.15) is 0 Å². The second-order valence-electron chi connectivity index (χ2n) is 5.74. The summed E-state index contributed by atoms with van der Waals surface area (Å²) in [5, 5.41) is 1.39. The molecule has 0 amide bonds. The summed E-state index contributed by atoms with van der Waals surface area (Å²) in [5.41, 5.74) is 7.12. The van der Waals surface area contributed by atoms with Crippen LogP contribution in [0.4, 0.5) is 0 Å². The van der Waals surface area contributed by atoms with Crippen molar-refractivity contribution >= 4 is 23.2 Å². The zero-order valence-corrected chi connectivity index (χ0v) is 13.1. The molecule has 0 aromatic heterocycles. The Kier molecular flexibility index (Phi) is 5.13. The van der Waals surface area contributed by atoms with E-state index in [0.29, 0.717) is 23.5 Å². The summed E-state index contributed by atoms with van der Waals surface area (Å²) in [7, 11) is 0. The smallest absolute Gasteiger partial charge is 0.0488 e. The molecule has 1 aromatic rings. The Hall–Kier alpha value is -0.280. The third kappa shape index (κ3) is 3.85. The Balaban J connectivity index is 2.25. The maximum absolute atomic E-state index is 6.34. The summed E-state index contributed by atoms with van der Waals surface area (Å²) in [6.07, 6.45) is 2.54. The molecule has 4 heteroatoms. The minimum atomic E-state index is 0.194. The van der Waals surface area contributed by atoms with Crippen LogP contribution in [0.5, 0.6) is 0 Å². The molecule has 0 spiro atoms. The third-order valence-electron chi connectivity index (χ3n) is 3.54. The lowest BCUT2D eigenvalue weighted by molar-refractivity contribution is 0.169. The maximum Gasteiger partial charge on any atom is 0.0488 e. The molecular weight excluding hydrogens is 279 g/mol. The molecule has 1 atom stereocenters. The Morgan fingerprint density at radius 3 is 2.47 bits per heavy atom. The summed E-state index contributed by atoms with van der Waals surface area (Å²) in [6, 6.07) is 6.58. The van der Waals surface area contributed by atoms with Gasteiger partial charge in [0.15, 0.2) is 0 Å². The monoisotopic (exact) mass is 300 g/mol. The van der Waals surface area contributed by atoms with Gasteiger partial charge in [0.25, 0.3) is 0 Å². The van der Waals surface area contributed by atoms with Crippen LogP contribution in [-0.2, 0) is 0 Å². The summed E-state index contributed by atoms with van der Waals surface area (Å²) < 4.78 is 0. The number of rotatable bonds is 6. The molecule has 1 fully saturated rings. The fraction of sp³-hybridized carbons (Fsp3) is 0.600. The zero-order valence-electron chi connectivity index (χ0n) is 11.6. The largest absolute Gasteiger partial charge is 0.329 e. The Bertz CT molecular complexity index is 430. The van der Waals surface area contributed by atoms with E-state index in [1.165, 1.54) is 12.8 Å². The summed E-state index contributed by atoms with van der Waals surface area (Å²) in [4.78, 5) is 2.51. The predicted molar refractivity (Wildman–Crippen MR) is 82.8 cm³/mol. The number of hydrogen-bond donors (Lipinski definition) is 1. The van der Waals surface area contributed by atoms with E-state index in [0.717, 1.165) is 17.1 Å². The van der Waals surface area contributed by atoms with Gasteiger partial charge in [-0.05, 0) is 36.5 Å². The van der Waals surface area contributed by atoms with E-state index in [2.05, 4.69) is 18.7 Å². The van der Waals surface area contributed by atoms with Crippen molar-refractivity contribution in [1.82, 2.24) is 4.90 Å². The number of nitrogens with zero attached hydrogens (tertiary/aromatic N) is 1. The van der Waals surface area contributed by atoms with Crippen molar-refractivity contribution in [3.05, 3.63) is 33.8 Å². The highest BCUT2D eigenvalue weighted by Gasteiger charge is 2.34. The average Bonchev–Trinajstić information content (AvgIpc) is 3.14. The van der Waals surface area contributed by atoms with E-state index in [9.17, 15) is 0 Å². The van der Waals surface area contributed by atoms with Crippen LogP contribution in [0.15, 0.2) is 18.2 Å². The first-order valence-electron chi connectivity index (χ1n) is 6.93. The molecule has 0 radical (unpaired) electrons. The van der Waals surface area contributed by atoms with Crippen molar-refractivity contribution < 1.29 is 0 Å². The molecule has 2 nitrogen and oxygen atoms in total. The molecule has 1 aliphatic rings. The lowest BCUT2D eigenvalue weighted by atomic mass is 10.0. The van der Waals surface area contributed by atoms with Gasteiger partial charge in [0, 0.05) is 35.2 Å². The molecule has 1 saturated carbocycles. The summed E-state index contributed by atoms with van der Waals surface area (Å²) in [6.45, 7) is 6.13. The minimum absolute atomic E-state index is 0.194. The lowest BCUT2D eigenvalue weighted by Gasteiger charge is -2.33. The van der Waals surface area contributed by atoms with Crippen molar-refractivity contribution in [2.45, 2.75) is 38.8 Å². The van der Waals surface area contributed by atoms with Gasteiger partial charge >= 0.3 is 0 Å². The van der Waals surface area contributed by atoms with Crippen LogP contribution in [0.2, 0.25) is 10.0 Å². The number of halogens is 2. The number of benzene rings is 1. The molecule has 1 unspecified atom stereocenters. The number of nitrogens with two attached hydrogens (primary N) is 1. The van der Waals surface area contributed by atoms with Crippen LogP contribution in [0, 0.1) is 5.92 Å². The molecule has 0 saturated heterocycles. The van der Waals surface area contributed by atoms with Gasteiger partial charge in [-0.3, -0.25) is 4.90 Å². The number of hydrogen-bond acceptors (Lipinski definition) is 2. The molecule has 0 aliphatic heterocycles. The molecular formula is C15H22Cl2N2. The second-order valence-corrected chi connectivity index (χ2v) is 6.58. The molecule has 2 N–H and O–H groups in total. The molecule has 0 heterocycles. The fourth-order valence-corrected chi connectivity index (χ4v) is 3.11. The lowest BCUT2D eigenvalue weighted by Crippen LogP contribution is -2.38. The van der Waals surface area contributed by atoms with E-state index in [1.54, 1.807) is 0 Å². The van der Waals surface area contributed by atoms with E-state index < -0.39 is 0 Å². The van der Waals surface area contributed by atoms with Crippen molar-refractivity contribution in [3.8, 4) is 0 Å². The highest BCUT2D eigenvalue weighted by Crippen LogP contribution is 2.37. The highest BCUT2D eigenvalue weighted by atomic mass is 35.5. The average molecular weight is 301 g/mol. The van der Waals surface area contributed by atoms with Crippen LogP contribution < -0.4 is 5.73 Å². The SMILES string of the molecule is CC(C)CN(C1CC1)C(CN)c1ccc(Cl)cc1Cl. The first kappa shape index (κ1) is 15.1. The van der Waals surface area contributed by atoms with E-state index >= 15 is 0 Å². The molecule has 1 aliphatic carbocycles. The van der Waals surface area contributed by atoms with Crippen molar-refractivity contribution in [2.75, 3.05) is 13.1 Å². The van der Waals surface area contributed by atoms with Gasteiger partial charge in [0.05, 0.1) is 0 Å². The predicted octanol–water partition coefficient (Wildman–Crippen LogP) is 4.11. The van der Waals surface area contributed by atoms with Crippen LogP contribution in [0.25, 0.3) is 0 Å². The second kappa shape index (κ2) is 6.45. The minimum Gasteiger partial charge on any atom is -0.329 e. The van der Waals surface area contributed by atoms with E-state index in [4.69, 9.17) is 28.9 Å². The van der Waals surface area contributed by atoms with Gasteiger partial charge in [-0.25, -0.2) is 0 Å². The van der Waals surface area contributed by atoms with Crippen LogP contribution in [0.1, 0.15) is 38.3 Å². The maximum atomic E-state index is 6.34. The van der Waals surface area contributed by atoms with Gasteiger partial charge in [-0.1, -0.05) is 43.1 Å². The van der Waals surface area contributed by atoms with Crippen molar-refractivity contribution in [1.29, 1.82) is 0 Å². The Morgan fingerprint density at radius 2 is 2.00 bits per heavy atom. The highest BCUT2D eigenvalue weighted by molar-refractivity contribution is 6.35. The standard InChI is InChI=1S/C15H22Cl2N2/c1-10(2)9-19(12-4-5-12)15(8-18)13-6-3-11(16)7-14(13)17/h3,6-7,10,12,15H,4-5,8-9,18H2,1-2H3. The molecule has 106 valence electrons. The first-order valence-corrected chi connectivity index (χ1v) is 7.69. The Morgan fingerprint density at radius 1 is 1.32 bits per heavy atom. The van der Waals surface area contributed by atoms with Crippen molar-refractivity contribution in [3.63, 3.8) is 0 Å². The van der Waals surface area contributed by atoms with Gasteiger partial charge < -0.3 is 5.73 Å². The van der Waals surface area contributed by atoms with Crippen molar-refractivity contribution in [2.24, 2.45) is 11.7 Å². The van der Waals surface area contributed by atoms with Crippen LogP contribution in [-0.4, -0.2) is 24.0 Å². The topological polar surface area (TPSA) is 29.3 Å². The summed E-state index contributed by atoms with van der Waals surface area (Å²) in [5.74, 6) is 0.626. The Labute approximate surface area is 125 Å². The van der Waals surface area contributed by atoms with Gasteiger partial charge in [0.2, 0.25) is 0 Å². The van der Waals surface area contributed by atoms with Crippen LogP contribution >= 0.6 is 23.2 Å². The molecule has 0 bridgehead atoms. The van der Waals surface area contributed by atoms with E-state index in [1.807, 2.05) is 18.2 Å². The summed E-state index contributed by atoms with van der Waals surface area (Å²) >= 11 is 12.3.